The van der Waals surface area contributed by atoms with Gasteiger partial charge in [0.2, 0.25) is 0 Å². The second kappa shape index (κ2) is 7.82. The third-order valence-electron chi connectivity index (χ3n) is 4.86. The molecule has 0 aromatic heterocycles. The second-order valence-electron chi connectivity index (χ2n) is 6.55. The predicted molar refractivity (Wildman–Crippen MR) is 90.5 cm³/mol. The summed E-state index contributed by atoms with van der Waals surface area (Å²) in [6.07, 6.45) is 5.78. The fourth-order valence-electron chi connectivity index (χ4n) is 3.44. The third-order valence-corrected chi connectivity index (χ3v) is 4.86. The topological polar surface area (TPSA) is 38.8 Å². The van der Waals surface area contributed by atoms with Crippen molar-refractivity contribution in [3.05, 3.63) is 23.8 Å². The van der Waals surface area contributed by atoms with Gasteiger partial charge in [0.05, 0.1) is 0 Å². The Balaban J connectivity index is 1.55. The highest BCUT2D eigenvalue weighted by atomic mass is 16.6. The first-order valence-electron chi connectivity index (χ1n) is 8.94. The summed E-state index contributed by atoms with van der Waals surface area (Å²) >= 11 is 0. The number of piperidine rings is 1. The molecule has 1 fully saturated rings. The van der Waals surface area contributed by atoms with Crippen molar-refractivity contribution < 1.29 is 14.3 Å². The van der Waals surface area contributed by atoms with Crippen LogP contribution in [0, 0.1) is 5.92 Å². The average molecular weight is 317 g/mol. The Labute approximate surface area is 138 Å². The van der Waals surface area contributed by atoms with Gasteiger partial charge < -0.3 is 14.4 Å². The molecule has 4 heteroatoms. The molecule has 0 N–H and O–H groups in total. The van der Waals surface area contributed by atoms with Crippen LogP contribution in [0.2, 0.25) is 0 Å². The molecular weight excluding hydrogens is 290 g/mol. The zero-order chi connectivity index (χ0) is 16.1. The normalized spacial score (nSPS) is 18.8. The van der Waals surface area contributed by atoms with Crippen molar-refractivity contribution in [3.63, 3.8) is 0 Å². The molecule has 0 spiro atoms. The highest BCUT2D eigenvalue weighted by Gasteiger charge is 2.26. The van der Waals surface area contributed by atoms with Crippen LogP contribution in [0.25, 0.3) is 0 Å². The Bertz CT molecular complexity index is 535. The number of likely N-dealkylation sites (tertiary alicyclic amines) is 1. The van der Waals surface area contributed by atoms with Gasteiger partial charge in [-0.25, -0.2) is 0 Å². The number of nitrogens with zero attached hydrogens (tertiary/aromatic N) is 1. The molecule has 126 valence electrons. The monoisotopic (exact) mass is 317 g/mol. The van der Waals surface area contributed by atoms with Crippen LogP contribution in [0.4, 0.5) is 0 Å². The van der Waals surface area contributed by atoms with Crippen LogP contribution < -0.4 is 9.47 Å². The summed E-state index contributed by atoms with van der Waals surface area (Å²) in [6.45, 7) is 6.64. The predicted octanol–water partition coefficient (Wildman–Crippen LogP) is 3.54. The molecule has 0 atom stereocenters. The maximum Gasteiger partial charge on any atom is 0.166 e. The van der Waals surface area contributed by atoms with Crippen molar-refractivity contribution in [3.8, 4) is 11.5 Å². The van der Waals surface area contributed by atoms with Gasteiger partial charge >= 0.3 is 0 Å². The fourth-order valence-corrected chi connectivity index (χ4v) is 3.44. The Morgan fingerprint density at radius 3 is 2.61 bits per heavy atom. The lowest BCUT2D eigenvalue weighted by atomic mass is 9.88. The third kappa shape index (κ3) is 4.05. The molecule has 0 aliphatic carbocycles. The van der Waals surface area contributed by atoms with E-state index in [2.05, 4.69) is 11.8 Å². The first kappa shape index (κ1) is 16.3. The van der Waals surface area contributed by atoms with Crippen molar-refractivity contribution in [2.75, 3.05) is 32.8 Å². The molecule has 23 heavy (non-hydrogen) atoms. The van der Waals surface area contributed by atoms with Gasteiger partial charge in [0, 0.05) is 11.5 Å². The van der Waals surface area contributed by atoms with Gasteiger partial charge in [0.25, 0.3) is 0 Å². The molecule has 2 aliphatic heterocycles. The summed E-state index contributed by atoms with van der Waals surface area (Å²) in [5.41, 5.74) is 0.763. The van der Waals surface area contributed by atoms with Crippen LogP contribution in [0.15, 0.2) is 18.2 Å². The van der Waals surface area contributed by atoms with Gasteiger partial charge in [-0.15, -0.1) is 0 Å². The van der Waals surface area contributed by atoms with E-state index in [1.807, 2.05) is 18.2 Å². The maximum atomic E-state index is 12.7. The van der Waals surface area contributed by atoms with E-state index in [1.165, 1.54) is 25.8 Å². The number of fused-ring (bicyclic) bond motifs is 1. The molecule has 0 amide bonds. The van der Waals surface area contributed by atoms with Crippen LogP contribution in [-0.4, -0.2) is 43.5 Å². The fraction of sp³-hybridized carbons (Fsp3) is 0.632. The number of benzene rings is 1. The van der Waals surface area contributed by atoms with E-state index in [0.29, 0.717) is 19.0 Å². The van der Waals surface area contributed by atoms with Gasteiger partial charge in [-0.05, 0) is 57.1 Å². The highest BCUT2D eigenvalue weighted by molar-refractivity contribution is 5.98. The number of unbranched alkanes of at least 4 members (excludes halogenated alkanes) is 2. The summed E-state index contributed by atoms with van der Waals surface area (Å²) in [4.78, 5) is 15.2. The molecule has 0 radical (unpaired) electrons. The van der Waals surface area contributed by atoms with Crippen LogP contribution in [0.1, 0.15) is 49.4 Å². The van der Waals surface area contributed by atoms with Crippen molar-refractivity contribution in [1.29, 1.82) is 0 Å². The van der Waals surface area contributed by atoms with E-state index in [4.69, 9.17) is 9.47 Å². The molecular formula is C19H27NO3. The quantitative estimate of drug-likeness (QED) is 0.594. The molecule has 4 nitrogen and oxygen atoms in total. The van der Waals surface area contributed by atoms with E-state index in [0.717, 1.165) is 37.2 Å². The smallest absolute Gasteiger partial charge is 0.166 e. The minimum atomic E-state index is 0.153. The lowest BCUT2D eigenvalue weighted by Gasteiger charge is -2.31. The lowest BCUT2D eigenvalue weighted by Crippen LogP contribution is -2.36. The molecule has 1 saturated heterocycles. The largest absolute Gasteiger partial charge is 0.486 e. The molecule has 1 aromatic carbocycles. The van der Waals surface area contributed by atoms with E-state index in [9.17, 15) is 4.79 Å². The van der Waals surface area contributed by atoms with Crippen LogP contribution in [-0.2, 0) is 0 Å². The number of hydrogen-bond donors (Lipinski definition) is 0. The van der Waals surface area contributed by atoms with Crippen LogP contribution in [0.5, 0.6) is 11.5 Å². The van der Waals surface area contributed by atoms with Crippen molar-refractivity contribution in [2.24, 2.45) is 5.92 Å². The lowest BCUT2D eigenvalue weighted by molar-refractivity contribution is 0.0838. The maximum absolute atomic E-state index is 12.7. The molecule has 1 aromatic rings. The number of rotatable bonds is 6. The second-order valence-corrected chi connectivity index (χ2v) is 6.55. The van der Waals surface area contributed by atoms with E-state index < -0.39 is 0 Å². The number of Topliss-reactive ketones (excluding diaryl/α,β-unsaturated/α-hetero) is 1. The number of ether oxygens (including phenoxy) is 2. The zero-order valence-electron chi connectivity index (χ0n) is 14.1. The van der Waals surface area contributed by atoms with Crippen molar-refractivity contribution >= 4 is 5.78 Å². The van der Waals surface area contributed by atoms with Crippen LogP contribution in [0.3, 0.4) is 0 Å². The number of ketones is 1. The van der Waals surface area contributed by atoms with Crippen molar-refractivity contribution in [2.45, 2.75) is 39.0 Å². The van der Waals surface area contributed by atoms with Crippen LogP contribution >= 0.6 is 0 Å². The standard InChI is InChI=1S/C19H27NO3/c1-2-3-4-9-20-10-7-15(8-11-20)19(21)16-5-6-17-18(14-16)23-13-12-22-17/h5-6,14-15H,2-4,7-13H2,1H3. The van der Waals surface area contributed by atoms with Gasteiger partial charge in [-0.2, -0.15) is 0 Å². The van der Waals surface area contributed by atoms with E-state index >= 15 is 0 Å². The van der Waals surface area contributed by atoms with E-state index in [1.54, 1.807) is 0 Å². The summed E-state index contributed by atoms with van der Waals surface area (Å²) in [6, 6.07) is 5.59. The molecule has 0 bridgehead atoms. The van der Waals surface area contributed by atoms with Gasteiger partial charge in [-0.1, -0.05) is 19.8 Å². The van der Waals surface area contributed by atoms with Gasteiger partial charge in [0.15, 0.2) is 17.3 Å². The number of carbonyl (C=O) groups is 1. The minimum absolute atomic E-state index is 0.153. The number of carbonyl (C=O) groups excluding carboxylic acids is 1. The summed E-state index contributed by atoms with van der Waals surface area (Å²) in [5, 5.41) is 0. The molecule has 0 unspecified atom stereocenters. The van der Waals surface area contributed by atoms with E-state index in [-0.39, 0.29) is 11.7 Å². The Morgan fingerprint density at radius 1 is 1.13 bits per heavy atom. The first-order valence-corrected chi connectivity index (χ1v) is 8.94. The minimum Gasteiger partial charge on any atom is -0.486 e. The molecule has 2 heterocycles. The SMILES string of the molecule is CCCCCN1CCC(C(=O)c2ccc3c(c2)OCCO3)CC1. The number of hydrogen-bond acceptors (Lipinski definition) is 4. The summed E-state index contributed by atoms with van der Waals surface area (Å²) < 4.78 is 11.1. The molecule has 0 saturated carbocycles. The molecule has 3 rings (SSSR count). The highest BCUT2D eigenvalue weighted by Crippen LogP contribution is 2.32. The average Bonchev–Trinajstić information content (AvgIpc) is 2.61. The summed E-state index contributed by atoms with van der Waals surface area (Å²) in [5.74, 6) is 1.87. The first-order chi connectivity index (χ1) is 11.3. The summed E-state index contributed by atoms with van der Waals surface area (Å²) in [7, 11) is 0. The molecule has 2 aliphatic rings. The Kier molecular flexibility index (Phi) is 5.55. The Hall–Kier alpha value is -1.55. The van der Waals surface area contributed by atoms with Gasteiger partial charge in [-0.3, -0.25) is 4.79 Å². The Morgan fingerprint density at radius 2 is 1.87 bits per heavy atom. The van der Waals surface area contributed by atoms with Crippen molar-refractivity contribution in [1.82, 2.24) is 4.90 Å². The zero-order valence-corrected chi connectivity index (χ0v) is 14.1. The van der Waals surface area contributed by atoms with Gasteiger partial charge in [0.1, 0.15) is 13.2 Å².